The van der Waals surface area contributed by atoms with Gasteiger partial charge in [-0.3, -0.25) is 4.79 Å². The summed E-state index contributed by atoms with van der Waals surface area (Å²) in [6.07, 6.45) is 0.405. The molecule has 9 heteroatoms. The van der Waals surface area contributed by atoms with Crippen LogP contribution >= 0.6 is 48.2 Å². The summed E-state index contributed by atoms with van der Waals surface area (Å²) in [6.45, 7) is 4.08. The molecule has 0 radical (unpaired) electrons. The predicted molar refractivity (Wildman–Crippen MR) is 111 cm³/mol. The Labute approximate surface area is 170 Å². The Balaban J connectivity index is 0.00000156. The second-order valence-corrected chi connectivity index (χ2v) is 7.40. The number of thioether (sulfide) groups is 1. The van der Waals surface area contributed by atoms with E-state index in [0.717, 1.165) is 42.5 Å². The smallest absolute Gasteiger partial charge is 0.226 e. The van der Waals surface area contributed by atoms with Crippen molar-refractivity contribution < 1.29 is 9.53 Å². The van der Waals surface area contributed by atoms with Gasteiger partial charge < -0.3 is 20.3 Å². The molecule has 2 aliphatic heterocycles. The Hall–Kier alpha value is -0.370. The van der Waals surface area contributed by atoms with Crippen molar-refractivity contribution in [2.45, 2.75) is 12.5 Å². The van der Waals surface area contributed by atoms with Gasteiger partial charge >= 0.3 is 0 Å². The predicted octanol–water partition coefficient (Wildman–Crippen LogP) is 3.05. The van der Waals surface area contributed by atoms with Crippen molar-refractivity contribution in [3.8, 4) is 0 Å². The zero-order chi connectivity index (χ0) is 16.1. The van der Waals surface area contributed by atoms with E-state index in [-0.39, 0.29) is 36.8 Å². The molecule has 2 N–H and O–H groups in total. The molecule has 5 nitrogen and oxygen atoms in total. The summed E-state index contributed by atoms with van der Waals surface area (Å²) in [5.41, 5.74) is 1.85. The Morgan fingerprint density at radius 1 is 1.36 bits per heavy atom. The summed E-state index contributed by atoms with van der Waals surface area (Å²) in [5, 5.41) is 6.96. The van der Waals surface area contributed by atoms with Gasteiger partial charge in [-0.25, -0.2) is 0 Å². The molecule has 1 atom stereocenters. The van der Waals surface area contributed by atoms with Gasteiger partial charge in [-0.15, -0.1) is 24.8 Å². The first kappa shape index (κ1) is 22.7. The van der Waals surface area contributed by atoms with Gasteiger partial charge in [0.1, 0.15) is 0 Å². The number of carbonyl (C=O) groups excluding carboxylic acids is 1. The number of carbonyl (C=O) groups is 1. The highest BCUT2D eigenvalue weighted by atomic mass is 35.5. The molecule has 1 aromatic rings. The lowest BCUT2D eigenvalue weighted by Gasteiger charge is -2.30. The topological polar surface area (TPSA) is 53.6 Å². The average Bonchev–Trinajstić information content (AvgIpc) is 2.56. The monoisotopic (exact) mass is 427 g/mol. The number of anilines is 2. The molecule has 1 amide bonds. The summed E-state index contributed by atoms with van der Waals surface area (Å²) >= 11 is 8.09. The van der Waals surface area contributed by atoms with Crippen molar-refractivity contribution in [1.29, 1.82) is 0 Å². The number of rotatable bonds is 4. The second-order valence-electron chi connectivity index (χ2n) is 5.74. The van der Waals surface area contributed by atoms with Gasteiger partial charge in [-0.2, -0.15) is 11.8 Å². The molecule has 2 fully saturated rings. The molecule has 2 heterocycles. The summed E-state index contributed by atoms with van der Waals surface area (Å²) in [5.74, 6) is 2.21. The van der Waals surface area contributed by atoms with Crippen molar-refractivity contribution in [3.63, 3.8) is 0 Å². The van der Waals surface area contributed by atoms with E-state index < -0.39 is 0 Å². The van der Waals surface area contributed by atoms with Crippen LogP contribution in [-0.2, 0) is 9.53 Å². The summed E-state index contributed by atoms with van der Waals surface area (Å²) in [7, 11) is 0. The van der Waals surface area contributed by atoms with Crippen molar-refractivity contribution in [1.82, 2.24) is 5.32 Å². The second kappa shape index (κ2) is 11.4. The normalized spacial score (nSPS) is 20.2. The third kappa shape index (κ3) is 6.70. The van der Waals surface area contributed by atoms with E-state index in [4.69, 9.17) is 16.3 Å². The number of ether oxygens (including phenoxy) is 1. The first-order chi connectivity index (χ1) is 11.2. The molecule has 0 saturated carbocycles. The Morgan fingerprint density at radius 2 is 2.12 bits per heavy atom. The molecule has 0 bridgehead atoms. The number of halogens is 3. The zero-order valence-electron chi connectivity index (χ0n) is 13.8. The first-order valence-electron chi connectivity index (χ1n) is 7.95. The molecule has 0 aromatic heterocycles. The van der Waals surface area contributed by atoms with Crippen LogP contribution in [0.1, 0.15) is 6.42 Å². The maximum Gasteiger partial charge on any atom is 0.226 e. The molecule has 1 unspecified atom stereocenters. The molecule has 3 rings (SSSR count). The lowest BCUT2D eigenvalue weighted by molar-refractivity contribution is -0.117. The molecule has 0 aliphatic carbocycles. The van der Waals surface area contributed by atoms with Crippen LogP contribution in [0, 0.1) is 0 Å². The first-order valence-corrected chi connectivity index (χ1v) is 9.49. The summed E-state index contributed by atoms with van der Waals surface area (Å²) in [6, 6.07) is 5.79. The van der Waals surface area contributed by atoms with Crippen LogP contribution in [-0.4, -0.2) is 56.3 Å². The fourth-order valence-corrected chi connectivity index (χ4v) is 3.94. The van der Waals surface area contributed by atoms with Crippen LogP contribution in [0.2, 0.25) is 5.02 Å². The summed E-state index contributed by atoms with van der Waals surface area (Å²) < 4.78 is 5.40. The van der Waals surface area contributed by atoms with Gasteiger partial charge in [0.05, 0.1) is 24.6 Å². The van der Waals surface area contributed by atoms with Crippen LogP contribution in [0.25, 0.3) is 0 Å². The minimum absolute atomic E-state index is 0. The van der Waals surface area contributed by atoms with E-state index in [9.17, 15) is 4.79 Å². The van der Waals surface area contributed by atoms with E-state index in [0.29, 0.717) is 24.7 Å². The number of nitrogens with zero attached hydrogens (tertiary/aromatic N) is 1. The van der Waals surface area contributed by atoms with Crippen LogP contribution in [0.15, 0.2) is 18.2 Å². The molecule has 1 aromatic carbocycles. The molecule has 2 saturated heterocycles. The van der Waals surface area contributed by atoms with Crippen molar-refractivity contribution in [2.75, 3.05) is 54.6 Å². The number of amides is 1. The van der Waals surface area contributed by atoms with E-state index >= 15 is 0 Å². The Kier molecular flexibility index (Phi) is 10.3. The van der Waals surface area contributed by atoms with Crippen molar-refractivity contribution in [3.05, 3.63) is 23.2 Å². The lowest BCUT2D eigenvalue weighted by atomic mass is 10.1. The third-order valence-corrected chi connectivity index (χ3v) is 5.19. The molecular formula is C16H24Cl3N3O2S. The third-order valence-electron chi connectivity index (χ3n) is 4.01. The largest absolute Gasteiger partial charge is 0.378 e. The van der Waals surface area contributed by atoms with E-state index in [1.807, 2.05) is 30.0 Å². The maximum atomic E-state index is 12.4. The highest BCUT2D eigenvalue weighted by Gasteiger charge is 2.20. The van der Waals surface area contributed by atoms with Crippen LogP contribution in [0.5, 0.6) is 0 Å². The van der Waals surface area contributed by atoms with Gasteiger partial charge in [-0.1, -0.05) is 11.6 Å². The SMILES string of the molecule is Cl.Cl.O=C(CC1COCCN1)Nc1cc(Cl)ccc1N1CCSCC1. The van der Waals surface area contributed by atoms with Gasteiger partial charge in [0.2, 0.25) is 5.91 Å². The van der Waals surface area contributed by atoms with Crippen molar-refractivity contribution in [2.24, 2.45) is 0 Å². The number of hydrogen-bond acceptors (Lipinski definition) is 5. The van der Waals surface area contributed by atoms with Crippen LogP contribution < -0.4 is 15.5 Å². The fraction of sp³-hybridized carbons (Fsp3) is 0.562. The summed E-state index contributed by atoms with van der Waals surface area (Å²) in [4.78, 5) is 14.7. The average molecular weight is 429 g/mol. The maximum absolute atomic E-state index is 12.4. The molecule has 142 valence electrons. The van der Waals surface area contributed by atoms with Crippen LogP contribution in [0.3, 0.4) is 0 Å². The minimum atomic E-state index is -0.0112. The van der Waals surface area contributed by atoms with Crippen molar-refractivity contribution >= 4 is 65.5 Å². The standard InChI is InChI=1S/C16H22ClN3O2S.2ClH/c17-12-1-2-15(20-4-7-23-8-5-20)14(9-12)19-16(21)10-13-11-22-6-3-18-13;;/h1-2,9,13,18H,3-8,10-11H2,(H,19,21);2*1H. The van der Waals surface area contributed by atoms with E-state index in [1.54, 1.807) is 0 Å². The van der Waals surface area contributed by atoms with E-state index in [1.165, 1.54) is 0 Å². The van der Waals surface area contributed by atoms with Gasteiger partial charge in [0.25, 0.3) is 0 Å². The highest BCUT2D eigenvalue weighted by Crippen LogP contribution is 2.31. The lowest BCUT2D eigenvalue weighted by Crippen LogP contribution is -2.43. The van der Waals surface area contributed by atoms with Gasteiger partial charge in [0.15, 0.2) is 0 Å². The number of hydrogen-bond donors (Lipinski definition) is 2. The fourth-order valence-electron chi connectivity index (χ4n) is 2.86. The van der Waals surface area contributed by atoms with E-state index in [2.05, 4.69) is 15.5 Å². The van der Waals surface area contributed by atoms with Gasteiger partial charge in [0, 0.05) is 48.6 Å². The minimum Gasteiger partial charge on any atom is -0.378 e. The Morgan fingerprint density at radius 3 is 2.80 bits per heavy atom. The zero-order valence-corrected chi connectivity index (χ0v) is 17.0. The molecule has 25 heavy (non-hydrogen) atoms. The number of nitrogens with one attached hydrogen (secondary N) is 2. The number of benzene rings is 1. The number of morpholine rings is 1. The molecule has 0 spiro atoms. The highest BCUT2D eigenvalue weighted by molar-refractivity contribution is 7.99. The van der Waals surface area contributed by atoms with Gasteiger partial charge in [-0.05, 0) is 18.2 Å². The molecular weight excluding hydrogens is 405 g/mol. The quantitative estimate of drug-likeness (QED) is 0.772. The Bertz CT molecular complexity index is 553. The molecule has 2 aliphatic rings. The van der Waals surface area contributed by atoms with Crippen LogP contribution in [0.4, 0.5) is 11.4 Å².